The summed E-state index contributed by atoms with van der Waals surface area (Å²) < 4.78 is 10.5. The van der Waals surface area contributed by atoms with Gasteiger partial charge in [0.1, 0.15) is 5.75 Å². The topological polar surface area (TPSA) is 42.8 Å². The highest BCUT2D eigenvalue weighted by Crippen LogP contribution is 2.22. The van der Waals surface area contributed by atoms with Gasteiger partial charge in [0.2, 0.25) is 0 Å². The third-order valence-corrected chi connectivity index (χ3v) is 3.93. The number of nitrogens with zero attached hydrogens (tertiary/aromatic N) is 1. The summed E-state index contributed by atoms with van der Waals surface area (Å²) in [5.41, 5.74) is 7.78. The molecule has 2 aromatic rings. The molecule has 0 bridgehead atoms. The van der Waals surface area contributed by atoms with Crippen LogP contribution >= 0.6 is 11.6 Å². The van der Waals surface area contributed by atoms with E-state index in [1.807, 2.05) is 50.2 Å². The molecule has 23 heavy (non-hydrogen) atoms. The number of benzene rings is 2. The highest BCUT2D eigenvalue weighted by molar-refractivity contribution is 6.31. The van der Waals surface area contributed by atoms with Gasteiger partial charge in [-0.1, -0.05) is 17.7 Å². The molecule has 0 atom stereocenters. The van der Waals surface area contributed by atoms with Crippen molar-refractivity contribution in [2.24, 2.45) is 5.10 Å². The first-order chi connectivity index (χ1) is 11.0. The smallest absolute Gasteiger partial charge is 0.124 e. The molecule has 0 amide bonds. The number of hydrazone groups is 1. The molecule has 0 aromatic heterocycles. The van der Waals surface area contributed by atoms with Gasteiger partial charge >= 0.3 is 0 Å². The van der Waals surface area contributed by atoms with E-state index in [4.69, 9.17) is 21.1 Å². The molecule has 5 heteroatoms. The van der Waals surface area contributed by atoms with E-state index >= 15 is 0 Å². The second kappa shape index (κ2) is 7.99. The van der Waals surface area contributed by atoms with Crippen molar-refractivity contribution in [1.29, 1.82) is 0 Å². The second-order valence-corrected chi connectivity index (χ2v) is 5.64. The summed E-state index contributed by atoms with van der Waals surface area (Å²) in [5.74, 6) is 0.807. The van der Waals surface area contributed by atoms with Crippen molar-refractivity contribution in [2.45, 2.75) is 20.5 Å². The number of hydrogen-bond acceptors (Lipinski definition) is 4. The summed E-state index contributed by atoms with van der Waals surface area (Å²) in [6, 6.07) is 11.7. The number of hydrogen-bond donors (Lipinski definition) is 1. The molecule has 0 saturated carbocycles. The van der Waals surface area contributed by atoms with E-state index in [1.54, 1.807) is 14.2 Å². The second-order valence-electron chi connectivity index (χ2n) is 5.23. The van der Waals surface area contributed by atoms with Gasteiger partial charge in [-0.25, -0.2) is 0 Å². The third-order valence-electron chi connectivity index (χ3n) is 3.52. The molecule has 0 heterocycles. The van der Waals surface area contributed by atoms with Crippen molar-refractivity contribution in [3.05, 3.63) is 58.1 Å². The Balaban J connectivity index is 2.19. The van der Waals surface area contributed by atoms with E-state index in [1.165, 1.54) is 0 Å². The fourth-order valence-corrected chi connectivity index (χ4v) is 2.33. The van der Waals surface area contributed by atoms with Gasteiger partial charge in [0.25, 0.3) is 0 Å². The number of halogens is 1. The lowest BCUT2D eigenvalue weighted by Crippen LogP contribution is -2.02. The van der Waals surface area contributed by atoms with Crippen LogP contribution in [0.4, 0.5) is 5.69 Å². The fourth-order valence-electron chi connectivity index (χ4n) is 2.15. The molecular weight excluding hydrogens is 312 g/mol. The molecule has 0 saturated heterocycles. The SMILES string of the molecule is COCc1cc(/C(C)=N\Nc2ccc(C)c(Cl)c2)ccc1OC. The first-order valence-electron chi connectivity index (χ1n) is 7.28. The molecule has 122 valence electrons. The van der Waals surface area contributed by atoms with E-state index in [2.05, 4.69) is 10.5 Å². The Morgan fingerprint density at radius 2 is 1.96 bits per heavy atom. The van der Waals surface area contributed by atoms with Crippen LogP contribution in [-0.4, -0.2) is 19.9 Å². The van der Waals surface area contributed by atoms with Crippen molar-refractivity contribution >= 4 is 23.0 Å². The number of aryl methyl sites for hydroxylation is 1. The van der Waals surface area contributed by atoms with Crippen LogP contribution in [0.15, 0.2) is 41.5 Å². The van der Waals surface area contributed by atoms with E-state index < -0.39 is 0 Å². The Labute approximate surface area is 142 Å². The molecule has 2 rings (SSSR count). The lowest BCUT2D eigenvalue weighted by atomic mass is 10.1. The zero-order chi connectivity index (χ0) is 16.8. The van der Waals surface area contributed by atoms with Gasteiger partial charge in [-0.15, -0.1) is 0 Å². The Kier molecular flexibility index (Phi) is 6.02. The standard InChI is InChI=1S/C18H21ClN2O2/c1-12-5-7-16(10-17(12)19)21-20-13(2)14-6-8-18(23-4)15(9-14)11-22-3/h5-10,21H,11H2,1-4H3/b20-13-. The first-order valence-corrected chi connectivity index (χ1v) is 7.65. The maximum Gasteiger partial charge on any atom is 0.124 e. The molecule has 0 aliphatic rings. The lowest BCUT2D eigenvalue weighted by Gasteiger charge is -2.10. The van der Waals surface area contributed by atoms with Gasteiger partial charge in [-0.3, -0.25) is 5.43 Å². The maximum atomic E-state index is 6.12. The number of methoxy groups -OCH3 is 2. The summed E-state index contributed by atoms with van der Waals surface area (Å²) >= 11 is 6.12. The maximum absolute atomic E-state index is 6.12. The zero-order valence-corrected chi connectivity index (χ0v) is 14.6. The molecule has 1 N–H and O–H groups in total. The minimum atomic E-state index is 0.491. The van der Waals surface area contributed by atoms with Crippen molar-refractivity contribution in [1.82, 2.24) is 0 Å². The molecule has 0 fully saturated rings. The van der Waals surface area contributed by atoms with Crippen LogP contribution in [0.5, 0.6) is 5.75 Å². The average molecular weight is 333 g/mol. The predicted molar refractivity (Wildman–Crippen MR) is 95.7 cm³/mol. The molecule has 0 aliphatic carbocycles. The van der Waals surface area contributed by atoms with Crippen molar-refractivity contribution in [2.75, 3.05) is 19.6 Å². The zero-order valence-electron chi connectivity index (χ0n) is 13.8. The molecular formula is C18H21ClN2O2. The quantitative estimate of drug-likeness (QED) is 0.619. The van der Waals surface area contributed by atoms with Gasteiger partial charge in [-0.05, 0) is 55.3 Å². The highest BCUT2D eigenvalue weighted by Gasteiger charge is 2.06. The molecule has 0 radical (unpaired) electrons. The summed E-state index contributed by atoms with van der Waals surface area (Å²) in [4.78, 5) is 0. The lowest BCUT2D eigenvalue weighted by molar-refractivity contribution is 0.181. The van der Waals surface area contributed by atoms with Crippen LogP contribution in [0.2, 0.25) is 5.02 Å². The fraction of sp³-hybridized carbons (Fsp3) is 0.278. The molecule has 2 aromatic carbocycles. The van der Waals surface area contributed by atoms with Crippen LogP contribution < -0.4 is 10.2 Å². The van der Waals surface area contributed by atoms with Crippen LogP contribution in [0, 0.1) is 6.92 Å². The third kappa shape index (κ3) is 4.47. The number of anilines is 1. The van der Waals surface area contributed by atoms with Crippen molar-refractivity contribution < 1.29 is 9.47 Å². The predicted octanol–water partition coefficient (Wildman–Crippen LogP) is 4.64. The van der Waals surface area contributed by atoms with E-state index in [0.29, 0.717) is 6.61 Å². The number of nitrogens with one attached hydrogen (secondary N) is 1. The van der Waals surface area contributed by atoms with Crippen LogP contribution in [-0.2, 0) is 11.3 Å². The van der Waals surface area contributed by atoms with E-state index in [9.17, 15) is 0 Å². The molecule has 0 unspecified atom stereocenters. The number of rotatable bonds is 6. The monoisotopic (exact) mass is 332 g/mol. The summed E-state index contributed by atoms with van der Waals surface area (Å²) in [6.45, 7) is 4.40. The summed E-state index contributed by atoms with van der Waals surface area (Å²) in [5, 5.41) is 5.14. The Hall–Kier alpha value is -2.04. The minimum Gasteiger partial charge on any atom is -0.496 e. The molecule has 4 nitrogen and oxygen atoms in total. The molecule has 0 aliphatic heterocycles. The average Bonchev–Trinajstić information content (AvgIpc) is 2.56. The first kappa shape index (κ1) is 17.3. The van der Waals surface area contributed by atoms with Gasteiger partial charge in [0.15, 0.2) is 0 Å². The van der Waals surface area contributed by atoms with Gasteiger partial charge in [0, 0.05) is 17.7 Å². The van der Waals surface area contributed by atoms with E-state index in [-0.39, 0.29) is 0 Å². The van der Waals surface area contributed by atoms with Gasteiger partial charge in [-0.2, -0.15) is 5.10 Å². The Bertz CT molecular complexity index is 714. The van der Waals surface area contributed by atoms with Gasteiger partial charge in [0.05, 0.1) is 25.1 Å². The largest absolute Gasteiger partial charge is 0.496 e. The summed E-state index contributed by atoms with van der Waals surface area (Å²) in [7, 11) is 3.31. The summed E-state index contributed by atoms with van der Waals surface area (Å²) in [6.07, 6.45) is 0. The Morgan fingerprint density at radius 3 is 2.61 bits per heavy atom. The van der Waals surface area contributed by atoms with Crippen LogP contribution in [0.25, 0.3) is 0 Å². The van der Waals surface area contributed by atoms with Crippen molar-refractivity contribution in [3.8, 4) is 5.75 Å². The van der Waals surface area contributed by atoms with E-state index in [0.717, 1.165) is 38.9 Å². The van der Waals surface area contributed by atoms with Crippen LogP contribution in [0.1, 0.15) is 23.6 Å². The highest BCUT2D eigenvalue weighted by atomic mass is 35.5. The minimum absolute atomic E-state index is 0.491. The van der Waals surface area contributed by atoms with Crippen molar-refractivity contribution in [3.63, 3.8) is 0 Å². The molecule has 0 spiro atoms. The van der Waals surface area contributed by atoms with Crippen LogP contribution in [0.3, 0.4) is 0 Å². The normalized spacial score (nSPS) is 11.4. The van der Waals surface area contributed by atoms with Gasteiger partial charge < -0.3 is 9.47 Å². The number of ether oxygens (including phenoxy) is 2. The Morgan fingerprint density at radius 1 is 1.17 bits per heavy atom.